The molecule has 0 bridgehead atoms. The molecule has 2 aromatic carbocycles. The van der Waals surface area contributed by atoms with Crippen molar-refractivity contribution in [1.29, 1.82) is 0 Å². The summed E-state index contributed by atoms with van der Waals surface area (Å²) >= 11 is 7.90. The number of carboxylic acids is 1. The number of benzene rings is 2. The molecule has 0 fully saturated rings. The smallest absolute Gasteiger partial charge is 0.305 e. The Morgan fingerprint density at radius 2 is 1.33 bits per heavy atom. The molecule has 1 atom stereocenters. The molecule has 0 spiro atoms. The van der Waals surface area contributed by atoms with Crippen LogP contribution in [0.15, 0.2) is 53.5 Å². The number of aliphatic carboxylic acids is 1. The molecular formula is C42H54ClN5O9S. The van der Waals surface area contributed by atoms with E-state index in [1.807, 2.05) is 60.0 Å². The van der Waals surface area contributed by atoms with Gasteiger partial charge in [0.2, 0.25) is 5.91 Å². The number of ether oxygens (including phenoxy) is 6. The average Bonchev–Trinajstić information content (AvgIpc) is 3.69. The SMILES string of the molecule is Cc1sc2c(c1C)C(c1ccc(Cl)cc1)=N[C@H](CC(=O)Nc1ccc(OCCOCCCOCCCOCCCOCCCOCCC(=O)O)cc1)c1nnc(C)n1-2. The van der Waals surface area contributed by atoms with Gasteiger partial charge in [0, 0.05) is 79.6 Å². The number of carboxylic acid groups (broad SMARTS) is 1. The molecule has 2 N–H and O–H groups in total. The number of aliphatic imine (C=N–C) groups is 1. The number of carbonyl (C=O) groups is 2. The van der Waals surface area contributed by atoms with Gasteiger partial charge in [0.15, 0.2) is 5.82 Å². The van der Waals surface area contributed by atoms with Gasteiger partial charge < -0.3 is 38.8 Å². The molecule has 0 radical (unpaired) electrons. The number of aromatic nitrogens is 3. The largest absolute Gasteiger partial charge is 0.491 e. The Morgan fingerprint density at radius 3 is 1.91 bits per heavy atom. The Labute approximate surface area is 348 Å². The van der Waals surface area contributed by atoms with Gasteiger partial charge in [-0.3, -0.25) is 19.1 Å². The van der Waals surface area contributed by atoms with Crippen LogP contribution in [0.1, 0.15) is 77.8 Å². The van der Waals surface area contributed by atoms with Crippen LogP contribution in [0.4, 0.5) is 5.69 Å². The summed E-state index contributed by atoms with van der Waals surface area (Å²) in [5.41, 5.74) is 4.52. The summed E-state index contributed by atoms with van der Waals surface area (Å²) in [6, 6.07) is 14.3. The Balaban J connectivity index is 0.935. The van der Waals surface area contributed by atoms with E-state index in [-0.39, 0.29) is 25.4 Å². The number of hydrogen-bond donors (Lipinski definition) is 2. The predicted octanol–water partition coefficient (Wildman–Crippen LogP) is 7.33. The second-order valence-corrected chi connectivity index (χ2v) is 15.3. The molecule has 4 aromatic rings. The van der Waals surface area contributed by atoms with Gasteiger partial charge in [-0.1, -0.05) is 23.7 Å². The fraction of sp³-hybridized carbons (Fsp3) is 0.500. The van der Waals surface area contributed by atoms with E-state index in [4.69, 9.17) is 50.1 Å². The molecule has 0 saturated heterocycles. The zero-order chi connectivity index (χ0) is 41.1. The van der Waals surface area contributed by atoms with Crippen molar-refractivity contribution in [2.45, 2.75) is 65.3 Å². The highest BCUT2D eigenvalue weighted by Crippen LogP contribution is 2.39. The number of nitrogens with one attached hydrogen (secondary N) is 1. The number of thiophene rings is 1. The molecule has 0 saturated carbocycles. The summed E-state index contributed by atoms with van der Waals surface area (Å²) in [5, 5.41) is 22.1. The van der Waals surface area contributed by atoms with Crippen molar-refractivity contribution >= 4 is 46.2 Å². The van der Waals surface area contributed by atoms with Crippen molar-refractivity contribution < 1.29 is 43.1 Å². The third-order valence-corrected chi connectivity index (χ3v) is 10.6. The monoisotopic (exact) mass is 839 g/mol. The van der Waals surface area contributed by atoms with Crippen LogP contribution in [0.3, 0.4) is 0 Å². The Morgan fingerprint density at radius 1 is 0.759 bits per heavy atom. The number of rotatable bonds is 27. The molecule has 314 valence electrons. The number of amides is 1. The topological polar surface area (TPSA) is 165 Å². The number of halogens is 1. The van der Waals surface area contributed by atoms with Crippen LogP contribution in [0, 0.1) is 20.8 Å². The highest BCUT2D eigenvalue weighted by molar-refractivity contribution is 7.15. The summed E-state index contributed by atoms with van der Waals surface area (Å²) < 4.78 is 35.6. The molecule has 16 heteroatoms. The third-order valence-electron chi connectivity index (χ3n) is 9.14. The third kappa shape index (κ3) is 14.0. The maximum atomic E-state index is 13.5. The van der Waals surface area contributed by atoms with Gasteiger partial charge in [-0.25, -0.2) is 0 Å². The van der Waals surface area contributed by atoms with Crippen LogP contribution in [-0.2, 0) is 33.3 Å². The van der Waals surface area contributed by atoms with Crippen molar-refractivity contribution in [3.05, 3.63) is 86.8 Å². The first-order valence-electron chi connectivity index (χ1n) is 19.7. The van der Waals surface area contributed by atoms with Crippen LogP contribution in [0.25, 0.3) is 5.00 Å². The first-order chi connectivity index (χ1) is 28.2. The average molecular weight is 840 g/mol. The quantitative estimate of drug-likeness (QED) is 0.0578. The number of carbonyl (C=O) groups excluding carboxylic acids is 1. The Hall–Kier alpha value is -4.22. The molecule has 2 aromatic heterocycles. The molecule has 1 amide bonds. The van der Waals surface area contributed by atoms with Crippen molar-refractivity contribution in [3.63, 3.8) is 0 Å². The highest BCUT2D eigenvalue weighted by Gasteiger charge is 2.32. The molecular weight excluding hydrogens is 786 g/mol. The number of nitrogens with zero attached hydrogens (tertiary/aromatic N) is 4. The van der Waals surface area contributed by atoms with Crippen LogP contribution in [0.2, 0.25) is 5.02 Å². The van der Waals surface area contributed by atoms with Crippen LogP contribution < -0.4 is 10.1 Å². The number of anilines is 1. The lowest BCUT2D eigenvalue weighted by atomic mass is 9.99. The maximum absolute atomic E-state index is 13.5. The van der Waals surface area contributed by atoms with Crippen molar-refractivity contribution in [2.75, 3.05) is 78.0 Å². The lowest BCUT2D eigenvalue weighted by Crippen LogP contribution is -2.17. The van der Waals surface area contributed by atoms with Crippen molar-refractivity contribution in [1.82, 2.24) is 14.8 Å². The van der Waals surface area contributed by atoms with E-state index in [9.17, 15) is 9.59 Å². The summed E-state index contributed by atoms with van der Waals surface area (Å²) in [5.74, 6) is 0.998. The molecule has 3 heterocycles. The molecule has 0 aliphatic carbocycles. The van der Waals surface area contributed by atoms with Gasteiger partial charge >= 0.3 is 5.97 Å². The maximum Gasteiger partial charge on any atom is 0.305 e. The highest BCUT2D eigenvalue weighted by atomic mass is 35.5. The normalized spacial score (nSPS) is 13.4. The molecule has 5 rings (SSSR count). The molecule has 1 aliphatic rings. The number of aryl methyl sites for hydroxylation is 2. The Bertz CT molecular complexity index is 1920. The minimum atomic E-state index is -0.852. The van der Waals surface area contributed by atoms with Crippen LogP contribution >= 0.6 is 22.9 Å². The van der Waals surface area contributed by atoms with Gasteiger partial charge in [-0.05, 0) is 88.4 Å². The summed E-state index contributed by atoms with van der Waals surface area (Å²) in [6.07, 6.45) is 3.28. The van der Waals surface area contributed by atoms with Gasteiger partial charge in [0.1, 0.15) is 29.2 Å². The second kappa shape index (κ2) is 24.0. The Kier molecular flexibility index (Phi) is 18.6. The van der Waals surface area contributed by atoms with Crippen LogP contribution in [-0.4, -0.2) is 110 Å². The first kappa shape index (κ1) is 44.9. The van der Waals surface area contributed by atoms with E-state index in [1.165, 1.54) is 4.88 Å². The van der Waals surface area contributed by atoms with Gasteiger partial charge in [-0.2, -0.15) is 0 Å². The standard InChI is InChI=1S/C42H54ClN5O9S/c1-29-30(2)58-42-39(29)40(32-8-10-33(43)11-9-32)45-36(41-47-46-31(3)48(41)42)28-37(49)44-34-12-14-35(15-13-34)57-27-26-56-24-7-22-54-20-5-18-52-17-4-19-53-21-6-23-55-25-16-38(50)51/h8-15,36H,4-7,16-28H2,1-3H3,(H,44,49)(H,50,51)/t36-/m1/s1. The van der Waals surface area contributed by atoms with E-state index >= 15 is 0 Å². The van der Waals surface area contributed by atoms with Gasteiger partial charge in [0.05, 0.1) is 31.8 Å². The molecule has 0 unspecified atom stereocenters. The van der Waals surface area contributed by atoms with E-state index in [0.717, 1.165) is 58.9 Å². The molecule has 1 aliphatic heterocycles. The molecule has 14 nitrogen and oxygen atoms in total. The van der Waals surface area contributed by atoms with Crippen molar-refractivity contribution in [3.8, 4) is 10.8 Å². The lowest BCUT2D eigenvalue weighted by Gasteiger charge is -2.13. The van der Waals surface area contributed by atoms with Gasteiger partial charge in [0.25, 0.3) is 0 Å². The summed E-state index contributed by atoms with van der Waals surface area (Å²) in [6.45, 7) is 12.0. The predicted molar refractivity (Wildman–Crippen MR) is 223 cm³/mol. The lowest BCUT2D eigenvalue weighted by molar-refractivity contribution is -0.138. The van der Waals surface area contributed by atoms with E-state index < -0.39 is 12.0 Å². The number of hydrogen-bond acceptors (Lipinski definition) is 12. The number of fused-ring (bicyclic) bond motifs is 3. The summed E-state index contributed by atoms with van der Waals surface area (Å²) in [4.78, 5) is 30.2. The van der Waals surface area contributed by atoms with Crippen LogP contribution in [0.5, 0.6) is 5.75 Å². The van der Waals surface area contributed by atoms with E-state index in [1.54, 1.807) is 11.3 Å². The minimum absolute atomic E-state index is 0.0259. The van der Waals surface area contributed by atoms with Crippen molar-refractivity contribution in [2.24, 2.45) is 4.99 Å². The van der Waals surface area contributed by atoms with Gasteiger partial charge in [-0.15, -0.1) is 21.5 Å². The zero-order valence-electron chi connectivity index (χ0n) is 33.5. The molecule has 58 heavy (non-hydrogen) atoms. The minimum Gasteiger partial charge on any atom is -0.491 e. The van der Waals surface area contributed by atoms with E-state index in [0.29, 0.717) is 88.4 Å². The zero-order valence-corrected chi connectivity index (χ0v) is 35.1. The second-order valence-electron chi connectivity index (χ2n) is 13.6. The fourth-order valence-electron chi connectivity index (χ4n) is 6.10. The van der Waals surface area contributed by atoms with E-state index in [2.05, 4.69) is 29.4 Å². The summed E-state index contributed by atoms with van der Waals surface area (Å²) in [7, 11) is 0. The first-order valence-corrected chi connectivity index (χ1v) is 20.9. The fourth-order valence-corrected chi connectivity index (χ4v) is 7.43.